The van der Waals surface area contributed by atoms with Gasteiger partial charge in [-0.15, -0.1) is 0 Å². The van der Waals surface area contributed by atoms with Crippen molar-refractivity contribution in [2.45, 2.75) is 0 Å². The molecule has 3 aromatic carbocycles. The molecule has 0 aliphatic rings. The quantitative estimate of drug-likeness (QED) is 0.515. The molecule has 26 heavy (non-hydrogen) atoms. The molecular formula is C21H13F2N3. The van der Waals surface area contributed by atoms with Crippen LogP contribution in [0.25, 0.3) is 34.2 Å². The summed E-state index contributed by atoms with van der Waals surface area (Å²) in [4.78, 5) is 13.5. The summed E-state index contributed by atoms with van der Waals surface area (Å²) in [5.41, 5.74) is 2.02. The maximum atomic E-state index is 13.7. The van der Waals surface area contributed by atoms with E-state index < -0.39 is 11.6 Å². The number of hydrogen-bond donors (Lipinski definition) is 0. The molecule has 4 aromatic rings. The zero-order valence-electron chi connectivity index (χ0n) is 13.6. The SMILES string of the molecule is Fc1ccc(-c2nc(-c3ccccc3)nc(-c3ccccc3)n2)cc1F. The molecule has 0 fully saturated rings. The van der Waals surface area contributed by atoms with Crippen molar-refractivity contribution in [2.24, 2.45) is 0 Å². The first-order valence-corrected chi connectivity index (χ1v) is 8.03. The number of aromatic nitrogens is 3. The molecule has 0 saturated heterocycles. The van der Waals surface area contributed by atoms with Gasteiger partial charge in [0.1, 0.15) is 0 Å². The lowest BCUT2D eigenvalue weighted by atomic mass is 10.1. The van der Waals surface area contributed by atoms with Gasteiger partial charge in [-0.25, -0.2) is 23.7 Å². The van der Waals surface area contributed by atoms with Crippen molar-refractivity contribution in [3.05, 3.63) is 90.5 Å². The van der Waals surface area contributed by atoms with E-state index in [0.29, 0.717) is 17.2 Å². The topological polar surface area (TPSA) is 38.7 Å². The standard InChI is InChI=1S/C21H13F2N3/c22-17-12-11-16(13-18(17)23)21-25-19(14-7-3-1-4-8-14)24-20(26-21)15-9-5-2-6-10-15/h1-13H. The first-order chi connectivity index (χ1) is 12.7. The van der Waals surface area contributed by atoms with E-state index >= 15 is 0 Å². The maximum absolute atomic E-state index is 13.7. The Bertz CT molecular complexity index is 994. The Balaban J connectivity index is 1.92. The first kappa shape index (κ1) is 16.0. The highest BCUT2D eigenvalue weighted by atomic mass is 19.2. The van der Waals surface area contributed by atoms with Crippen LogP contribution in [-0.4, -0.2) is 15.0 Å². The molecule has 4 rings (SSSR count). The average molecular weight is 345 g/mol. The molecule has 1 aromatic heterocycles. The summed E-state index contributed by atoms with van der Waals surface area (Å²) in [6.45, 7) is 0. The fourth-order valence-electron chi connectivity index (χ4n) is 2.57. The third-order valence-electron chi connectivity index (χ3n) is 3.88. The Morgan fingerprint density at radius 3 is 1.38 bits per heavy atom. The van der Waals surface area contributed by atoms with E-state index in [-0.39, 0.29) is 5.82 Å². The third-order valence-corrected chi connectivity index (χ3v) is 3.88. The second-order valence-electron chi connectivity index (χ2n) is 5.67. The summed E-state index contributed by atoms with van der Waals surface area (Å²) in [6.07, 6.45) is 0. The van der Waals surface area contributed by atoms with Crippen molar-refractivity contribution in [3.63, 3.8) is 0 Å². The fraction of sp³-hybridized carbons (Fsp3) is 0. The third kappa shape index (κ3) is 3.19. The van der Waals surface area contributed by atoms with Crippen LogP contribution in [0, 0.1) is 11.6 Å². The van der Waals surface area contributed by atoms with E-state index in [0.717, 1.165) is 23.3 Å². The lowest BCUT2D eigenvalue weighted by molar-refractivity contribution is 0.509. The van der Waals surface area contributed by atoms with Gasteiger partial charge in [0.05, 0.1) is 0 Å². The minimum Gasteiger partial charge on any atom is -0.208 e. The van der Waals surface area contributed by atoms with Crippen LogP contribution in [-0.2, 0) is 0 Å². The number of halogens is 2. The lowest BCUT2D eigenvalue weighted by Crippen LogP contribution is -2.00. The Morgan fingerprint density at radius 1 is 0.462 bits per heavy atom. The van der Waals surface area contributed by atoms with Crippen molar-refractivity contribution in [1.82, 2.24) is 15.0 Å². The van der Waals surface area contributed by atoms with Crippen LogP contribution in [0.15, 0.2) is 78.9 Å². The van der Waals surface area contributed by atoms with Gasteiger partial charge < -0.3 is 0 Å². The van der Waals surface area contributed by atoms with E-state index in [1.165, 1.54) is 6.07 Å². The van der Waals surface area contributed by atoms with Crippen LogP contribution < -0.4 is 0 Å². The molecule has 0 N–H and O–H groups in total. The molecule has 0 bridgehead atoms. The van der Waals surface area contributed by atoms with Crippen LogP contribution in [0.4, 0.5) is 8.78 Å². The highest BCUT2D eigenvalue weighted by Gasteiger charge is 2.13. The first-order valence-electron chi connectivity index (χ1n) is 8.03. The minimum atomic E-state index is -0.939. The molecule has 5 heteroatoms. The molecule has 0 atom stereocenters. The number of hydrogen-bond acceptors (Lipinski definition) is 3. The van der Waals surface area contributed by atoms with Crippen molar-refractivity contribution in [3.8, 4) is 34.2 Å². The van der Waals surface area contributed by atoms with Gasteiger partial charge in [-0.1, -0.05) is 60.7 Å². The van der Waals surface area contributed by atoms with Crippen LogP contribution >= 0.6 is 0 Å². The van der Waals surface area contributed by atoms with Crippen molar-refractivity contribution in [2.75, 3.05) is 0 Å². The Kier molecular flexibility index (Phi) is 4.19. The largest absolute Gasteiger partial charge is 0.208 e. The zero-order chi connectivity index (χ0) is 17.9. The normalized spacial score (nSPS) is 10.7. The molecule has 0 spiro atoms. The predicted octanol–water partition coefficient (Wildman–Crippen LogP) is 5.15. The van der Waals surface area contributed by atoms with Gasteiger partial charge in [-0.05, 0) is 18.2 Å². The molecule has 3 nitrogen and oxygen atoms in total. The van der Waals surface area contributed by atoms with Gasteiger partial charge in [-0.3, -0.25) is 0 Å². The average Bonchev–Trinajstić information content (AvgIpc) is 2.71. The maximum Gasteiger partial charge on any atom is 0.164 e. The van der Waals surface area contributed by atoms with E-state index in [9.17, 15) is 8.78 Å². The van der Waals surface area contributed by atoms with Crippen LogP contribution in [0.1, 0.15) is 0 Å². The van der Waals surface area contributed by atoms with Crippen molar-refractivity contribution < 1.29 is 8.78 Å². The number of nitrogens with zero attached hydrogens (tertiary/aromatic N) is 3. The summed E-state index contributed by atoms with van der Waals surface area (Å²) in [5, 5.41) is 0. The summed E-state index contributed by atoms with van der Waals surface area (Å²) in [7, 11) is 0. The Labute approximate surface area is 149 Å². The number of benzene rings is 3. The molecule has 0 aliphatic heterocycles. The van der Waals surface area contributed by atoms with Crippen molar-refractivity contribution >= 4 is 0 Å². The highest BCUT2D eigenvalue weighted by molar-refractivity contribution is 5.66. The molecule has 0 radical (unpaired) electrons. The van der Waals surface area contributed by atoms with E-state index in [2.05, 4.69) is 15.0 Å². The molecular weight excluding hydrogens is 332 g/mol. The predicted molar refractivity (Wildman–Crippen MR) is 96.1 cm³/mol. The summed E-state index contributed by atoms with van der Waals surface area (Å²) in [5.74, 6) is -0.616. The summed E-state index contributed by atoms with van der Waals surface area (Å²) in [6, 6.07) is 22.5. The lowest BCUT2D eigenvalue weighted by Gasteiger charge is -2.08. The molecule has 1 heterocycles. The Hall–Kier alpha value is -3.47. The monoisotopic (exact) mass is 345 g/mol. The molecule has 0 saturated carbocycles. The fourth-order valence-corrected chi connectivity index (χ4v) is 2.57. The van der Waals surface area contributed by atoms with Crippen molar-refractivity contribution in [1.29, 1.82) is 0 Å². The zero-order valence-corrected chi connectivity index (χ0v) is 13.6. The molecule has 0 unspecified atom stereocenters. The van der Waals surface area contributed by atoms with E-state index in [1.807, 2.05) is 60.7 Å². The smallest absolute Gasteiger partial charge is 0.164 e. The highest BCUT2D eigenvalue weighted by Crippen LogP contribution is 2.25. The summed E-state index contributed by atoms with van der Waals surface area (Å²) >= 11 is 0. The second kappa shape index (κ2) is 6.80. The van der Waals surface area contributed by atoms with Gasteiger partial charge in [0, 0.05) is 16.7 Å². The minimum absolute atomic E-state index is 0.289. The van der Waals surface area contributed by atoms with E-state index in [1.54, 1.807) is 0 Å². The second-order valence-corrected chi connectivity index (χ2v) is 5.67. The molecule has 0 amide bonds. The van der Waals surface area contributed by atoms with Crippen LogP contribution in [0.3, 0.4) is 0 Å². The van der Waals surface area contributed by atoms with Gasteiger partial charge in [0.2, 0.25) is 0 Å². The van der Waals surface area contributed by atoms with Crippen LogP contribution in [0.2, 0.25) is 0 Å². The molecule has 126 valence electrons. The Morgan fingerprint density at radius 2 is 0.923 bits per heavy atom. The van der Waals surface area contributed by atoms with Gasteiger partial charge in [-0.2, -0.15) is 0 Å². The van der Waals surface area contributed by atoms with Gasteiger partial charge in [0.15, 0.2) is 29.1 Å². The van der Waals surface area contributed by atoms with Gasteiger partial charge >= 0.3 is 0 Å². The summed E-state index contributed by atoms with van der Waals surface area (Å²) < 4.78 is 26.9. The number of rotatable bonds is 3. The van der Waals surface area contributed by atoms with Crippen LogP contribution in [0.5, 0.6) is 0 Å². The van der Waals surface area contributed by atoms with Gasteiger partial charge in [0.25, 0.3) is 0 Å². The molecule has 0 aliphatic carbocycles. The van der Waals surface area contributed by atoms with E-state index in [4.69, 9.17) is 0 Å².